The fraction of sp³-hybridized carbons (Fsp3) is 1.00. The van der Waals surface area contributed by atoms with Crippen molar-refractivity contribution in [3.05, 3.63) is 0 Å². The lowest BCUT2D eigenvalue weighted by molar-refractivity contribution is -0.880. The maximum Gasteiger partial charge on any atom is 0.130 e. The smallest absolute Gasteiger partial charge is 0.130 e. The second-order valence-corrected chi connectivity index (χ2v) is 16.3. The van der Waals surface area contributed by atoms with Crippen molar-refractivity contribution in [1.29, 1.82) is 0 Å². The zero-order valence-electron chi connectivity index (χ0n) is 34.6. The molecule has 0 aromatic carbocycles. The van der Waals surface area contributed by atoms with E-state index in [1.165, 1.54) is 232 Å². The van der Waals surface area contributed by atoms with E-state index in [-0.39, 0.29) is 24.8 Å². The van der Waals surface area contributed by atoms with Gasteiger partial charge in [0.15, 0.2) is 0 Å². The lowest BCUT2D eigenvalue weighted by Crippen LogP contribution is -3.09. The summed E-state index contributed by atoms with van der Waals surface area (Å²) in [5, 5.41) is 0. The van der Waals surface area contributed by atoms with E-state index in [1.807, 2.05) is 0 Å². The molecule has 0 saturated carbocycles. The van der Waals surface area contributed by atoms with Crippen LogP contribution in [0.15, 0.2) is 0 Å². The SMILES string of the molecule is CCCCCCCCCCCCCCCCCC[NH+](C)CC1CO1.CCCCCCCCCCCCCCCCCC[NH+](C)CC1CO1.[Cl-].[Cl-]. The molecule has 2 aliphatic heterocycles. The van der Waals surface area contributed by atoms with Gasteiger partial charge >= 0.3 is 0 Å². The molecule has 0 spiro atoms. The molecule has 50 heavy (non-hydrogen) atoms. The van der Waals surface area contributed by atoms with E-state index in [9.17, 15) is 0 Å². The summed E-state index contributed by atoms with van der Waals surface area (Å²) in [6, 6.07) is 0. The van der Waals surface area contributed by atoms with Crippen LogP contribution in [-0.4, -0.2) is 65.7 Å². The molecule has 0 radical (unpaired) electrons. The predicted octanol–water partition coefficient (Wildman–Crippen LogP) is 4.33. The minimum absolute atomic E-state index is 0. The molecular formula is C44H92Cl2N2O2. The van der Waals surface area contributed by atoms with E-state index in [0.717, 1.165) is 13.2 Å². The number of ether oxygens (including phenoxy) is 2. The van der Waals surface area contributed by atoms with Crippen LogP contribution >= 0.6 is 0 Å². The van der Waals surface area contributed by atoms with Crippen LogP contribution in [-0.2, 0) is 9.47 Å². The summed E-state index contributed by atoms with van der Waals surface area (Å²) in [7, 11) is 4.62. The van der Waals surface area contributed by atoms with Crippen LogP contribution in [0, 0.1) is 0 Å². The van der Waals surface area contributed by atoms with Crippen LogP contribution < -0.4 is 34.6 Å². The van der Waals surface area contributed by atoms with E-state index in [1.54, 1.807) is 9.80 Å². The van der Waals surface area contributed by atoms with Crippen molar-refractivity contribution in [3.8, 4) is 0 Å². The molecule has 4 nitrogen and oxygen atoms in total. The molecule has 2 fully saturated rings. The number of unbranched alkanes of at least 4 members (excludes halogenated alkanes) is 30. The number of rotatable bonds is 38. The van der Waals surface area contributed by atoms with E-state index < -0.39 is 0 Å². The van der Waals surface area contributed by atoms with Gasteiger partial charge in [0.1, 0.15) is 25.3 Å². The predicted molar refractivity (Wildman–Crippen MR) is 212 cm³/mol. The van der Waals surface area contributed by atoms with Gasteiger partial charge in [0.2, 0.25) is 0 Å². The number of epoxide rings is 2. The molecule has 2 saturated heterocycles. The summed E-state index contributed by atoms with van der Waals surface area (Å²) in [6.07, 6.45) is 47.8. The Balaban J connectivity index is 0. The zero-order valence-corrected chi connectivity index (χ0v) is 36.1. The average molecular weight is 752 g/mol. The van der Waals surface area contributed by atoms with Crippen LogP contribution in [0.4, 0.5) is 0 Å². The van der Waals surface area contributed by atoms with Gasteiger partial charge in [-0.15, -0.1) is 0 Å². The first kappa shape index (κ1) is 52.5. The third kappa shape index (κ3) is 42.8. The van der Waals surface area contributed by atoms with Crippen molar-refractivity contribution >= 4 is 0 Å². The molecule has 4 atom stereocenters. The minimum atomic E-state index is 0. The van der Waals surface area contributed by atoms with Gasteiger partial charge in [0.25, 0.3) is 0 Å². The van der Waals surface area contributed by atoms with Gasteiger partial charge in [-0.1, -0.05) is 194 Å². The van der Waals surface area contributed by atoms with Gasteiger partial charge in [-0.3, -0.25) is 0 Å². The molecule has 2 aliphatic rings. The molecule has 0 amide bonds. The van der Waals surface area contributed by atoms with Crippen LogP contribution in [0.1, 0.15) is 219 Å². The lowest BCUT2D eigenvalue weighted by Gasteiger charge is -2.12. The van der Waals surface area contributed by atoms with Crippen LogP contribution in [0.5, 0.6) is 0 Å². The summed E-state index contributed by atoms with van der Waals surface area (Å²) in [4.78, 5) is 3.31. The normalized spacial score (nSPS) is 17.3. The van der Waals surface area contributed by atoms with E-state index in [4.69, 9.17) is 9.47 Å². The standard InChI is InChI=1S/2C22H45NO.2ClH/c2*1-3-4-5-6-7-8-9-10-11-12-13-14-15-16-17-18-19-23(2)20-22-21-24-22;;/h2*22H,3-21H2,1-2H3;2*1H. The second-order valence-electron chi connectivity index (χ2n) is 16.3. The number of nitrogens with one attached hydrogen (secondary N) is 2. The second kappa shape index (κ2) is 42.2. The topological polar surface area (TPSA) is 33.9 Å². The third-order valence-electron chi connectivity index (χ3n) is 10.9. The first-order chi connectivity index (χ1) is 23.7. The molecule has 4 unspecified atom stereocenters. The zero-order chi connectivity index (χ0) is 34.6. The van der Waals surface area contributed by atoms with Crippen LogP contribution in [0.2, 0.25) is 0 Å². The Morgan fingerprint density at radius 2 is 0.520 bits per heavy atom. The fourth-order valence-electron chi connectivity index (χ4n) is 7.30. The molecule has 0 aromatic rings. The number of hydrogen-bond donors (Lipinski definition) is 2. The summed E-state index contributed by atoms with van der Waals surface area (Å²) in [6.45, 7) is 11.7. The molecule has 2 heterocycles. The Morgan fingerprint density at radius 3 is 0.700 bits per heavy atom. The Labute approximate surface area is 327 Å². The highest BCUT2D eigenvalue weighted by atomic mass is 35.5. The molecule has 0 aromatic heterocycles. The fourth-order valence-corrected chi connectivity index (χ4v) is 7.30. The third-order valence-corrected chi connectivity index (χ3v) is 10.9. The van der Waals surface area contributed by atoms with E-state index in [0.29, 0.717) is 12.2 Å². The van der Waals surface area contributed by atoms with Crippen LogP contribution in [0.25, 0.3) is 0 Å². The van der Waals surface area contributed by atoms with Gasteiger partial charge in [0.05, 0.1) is 40.4 Å². The van der Waals surface area contributed by atoms with Crippen LogP contribution in [0.3, 0.4) is 0 Å². The highest BCUT2D eigenvalue weighted by molar-refractivity contribution is 4.66. The Hall–Kier alpha value is 0.420. The maximum atomic E-state index is 5.29. The van der Waals surface area contributed by atoms with Crippen molar-refractivity contribution in [2.45, 2.75) is 232 Å². The Morgan fingerprint density at radius 1 is 0.340 bits per heavy atom. The first-order valence-electron chi connectivity index (χ1n) is 22.5. The van der Waals surface area contributed by atoms with Crippen molar-refractivity contribution in [2.75, 3.05) is 53.5 Å². The van der Waals surface area contributed by atoms with Gasteiger partial charge < -0.3 is 44.1 Å². The molecular weight excluding hydrogens is 659 g/mol. The van der Waals surface area contributed by atoms with Gasteiger partial charge in [-0.2, -0.15) is 0 Å². The number of quaternary nitrogens is 2. The Bertz CT molecular complexity index is 569. The monoisotopic (exact) mass is 751 g/mol. The van der Waals surface area contributed by atoms with Crippen molar-refractivity contribution in [2.24, 2.45) is 0 Å². The largest absolute Gasteiger partial charge is 1.00 e. The quantitative estimate of drug-likeness (QED) is 0.0729. The van der Waals surface area contributed by atoms with Gasteiger partial charge in [-0.05, 0) is 25.7 Å². The van der Waals surface area contributed by atoms with Gasteiger partial charge in [0, 0.05) is 0 Å². The summed E-state index contributed by atoms with van der Waals surface area (Å²) in [5.41, 5.74) is 0. The average Bonchev–Trinajstić information content (AvgIpc) is 4.03. The maximum absolute atomic E-state index is 5.29. The summed E-state index contributed by atoms with van der Waals surface area (Å²) < 4.78 is 10.6. The number of hydrogen-bond acceptors (Lipinski definition) is 2. The highest BCUT2D eigenvalue weighted by Crippen LogP contribution is 2.15. The van der Waals surface area contributed by atoms with Crippen molar-refractivity contribution < 1.29 is 44.1 Å². The minimum Gasteiger partial charge on any atom is -1.00 e. The molecule has 6 heteroatoms. The van der Waals surface area contributed by atoms with Crippen molar-refractivity contribution in [1.82, 2.24) is 0 Å². The number of halogens is 2. The first-order valence-corrected chi connectivity index (χ1v) is 22.5. The Kier molecular flexibility index (Phi) is 44.3. The van der Waals surface area contributed by atoms with Gasteiger partial charge in [-0.25, -0.2) is 0 Å². The lowest BCUT2D eigenvalue weighted by atomic mass is 10.0. The van der Waals surface area contributed by atoms with Crippen molar-refractivity contribution in [3.63, 3.8) is 0 Å². The molecule has 0 bridgehead atoms. The molecule has 2 rings (SSSR count). The summed E-state index contributed by atoms with van der Waals surface area (Å²) in [5.74, 6) is 0. The van der Waals surface area contributed by atoms with E-state index in [2.05, 4.69) is 27.9 Å². The number of likely N-dealkylation sites (N-methyl/N-ethyl adjacent to an activating group) is 2. The summed E-state index contributed by atoms with van der Waals surface area (Å²) >= 11 is 0. The van der Waals surface area contributed by atoms with E-state index >= 15 is 0 Å². The molecule has 0 aliphatic carbocycles. The molecule has 2 N–H and O–H groups in total. The highest BCUT2D eigenvalue weighted by Gasteiger charge is 2.26. The molecule has 304 valence electrons.